The fourth-order valence-electron chi connectivity index (χ4n) is 3.47. The third kappa shape index (κ3) is 6.96. The van der Waals surface area contributed by atoms with Crippen molar-refractivity contribution in [2.75, 3.05) is 19.5 Å². The van der Waals surface area contributed by atoms with Crippen molar-refractivity contribution >= 4 is 27.7 Å². The molecular weight excluding hydrogens is 458 g/mol. The smallest absolute Gasteiger partial charge is 0.161 e. The molecule has 0 saturated heterocycles. The van der Waals surface area contributed by atoms with Crippen molar-refractivity contribution in [3.63, 3.8) is 0 Å². The third-order valence-electron chi connectivity index (χ3n) is 5.26. The Bertz CT molecular complexity index is 819. The zero-order valence-corrected chi connectivity index (χ0v) is 20.7. The fraction of sp³-hybridized carbons (Fsp3) is 0.480. The van der Waals surface area contributed by atoms with Gasteiger partial charge < -0.3 is 9.47 Å². The van der Waals surface area contributed by atoms with E-state index in [1.165, 1.54) is 31.2 Å². The van der Waals surface area contributed by atoms with Gasteiger partial charge in [0.25, 0.3) is 0 Å². The standard InChI is InChI=1S/C25H32BrNO2S/c1-20-10-13-22(14-11-20)30-25(19-27,16-8-6-4-5-7-9-17-26)21-12-15-23(28-2)24(18-21)29-3/h10-15,18H,4-9,16-17H2,1-3H3. The summed E-state index contributed by atoms with van der Waals surface area (Å²) < 4.78 is 10.2. The monoisotopic (exact) mass is 489 g/mol. The first kappa shape index (κ1) is 24.6. The van der Waals surface area contributed by atoms with Crippen LogP contribution in [0.2, 0.25) is 0 Å². The van der Waals surface area contributed by atoms with Gasteiger partial charge >= 0.3 is 0 Å². The van der Waals surface area contributed by atoms with E-state index in [9.17, 15) is 5.26 Å². The van der Waals surface area contributed by atoms with E-state index < -0.39 is 4.75 Å². The Hall–Kier alpha value is -1.64. The van der Waals surface area contributed by atoms with Gasteiger partial charge in [0.1, 0.15) is 4.75 Å². The summed E-state index contributed by atoms with van der Waals surface area (Å²) in [6.07, 6.45) is 7.94. The highest BCUT2D eigenvalue weighted by atomic mass is 79.9. The normalized spacial score (nSPS) is 12.8. The average Bonchev–Trinajstić information content (AvgIpc) is 2.78. The number of nitrogens with zero attached hydrogens (tertiary/aromatic N) is 1. The molecule has 0 aromatic heterocycles. The first-order chi connectivity index (χ1) is 14.6. The second kappa shape index (κ2) is 12.9. The van der Waals surface area contributed by atoms with Crippen molar-refractivity contribution in [2.24, 2.45) is 0 Å². The predicted octanol–water partition coefficient (Wildman–Crippen LogP) is 7.65. The highest BCUT2D eigenvalue weighted by Crippen LogP contribution is 2.47. The van der Waals surface area contributed by atoms with Crippen LogP contribution >= 0.6 is 27.7 Å². The van der Waals surface area contributed by atoms with E-state index in [0.29, 0.717) is 11.5 Å². The van der Waals surface area contributed by atoms with Gasteiger partial charge in [-0.15, -0.1) is 0 Å². The summed E-state index contributed by atoms with van der Waals surface area (Å²) in [5.41, 5.74) is 2.18. The number of thioether (sulfide) groups is 1. The SMILES string of the molecule is COc1ccc(C(C#N)(CCCCCCCCBr)Sc2ccc(C)cc2)cc1OC. The Balaban J connectivity index is 2.24. The van der Waals surface area contributed by atoms with Crippen LogP contribution in [0.3, 0.4) is 0 Å². The van der Waals surface area contributed by atoms with E-state index in [2.05, 4.69) is 53.2 Å². The minimum absolute atomic E-state index is 0.661. The van der Waals surface area contributed by atoms with Crippen molar-refractivity contribution in [1.82, 2.24) is 0 Å². The van der Waals surface area contributed by atoms with E-state index in [0.717, 1.165) is 35.1 Å². The first-order valence-corrected chi connectivity index (χ1v) is 12.5. The molecule has 0 aliphatic carbocycles. The molecule has 2 aromatic carbocycles. The third-order valence-corrected chi connectivity index (χ3v) is 7.20. The lowest BCUT2D eigenvalue weighted by Gasteiger charge is -2.27. The zero-order valence-electron chi connectivity index (χ0n) is 18.2. The Kier molecular flexibility index (Phi) is 10.6. The number of methoxy groups -OCH3 is 2. The number of rotatable bonds is 13. The molecule has 2 aromatic rings. The zero-order chi connectivity index (χ0) is 21.8. The Labute approximate surface area is 194 Å². The van der Waals surface area contributed by atoms with E-state index in [-0.39, 0.29) is 0 Å². The van der Waals surface area contributed by atoms with Crippen LogP contribution in [0.4, 0.5) is 0 Å². The number of ether oxygens (including phenoxy) is 2. The van der Waals surface area contributed by atoms with Gasteiger partial charge in [-0.05, 0) is 49.6 Å². The van der Waals surface area contributed by atoms with Crippen molar-refractivity contribution in [3.8, 4) is 17.6 Å². The predicted molar refractivity (Wildman–Crippen MR) is 130 cm³/mol. The van der Waals surface area contributed by atoms with Crippen LogP contribution in [-0.2, 0) is 4.75 Å². The van der Waals surface area contributed by atoms with Crippen molar-refractivity contribution in [3.05, 3.63) is 53.6 Å². The number of halogens is 1. The van der Waals surface area contributed by atoms with Gasteiger partial charge in [0.15, 0.2) is 11.5 Å². The van der Waals surface area contributed by atoms with E-state index >= 15 is 0 Å². The quantitative estimate of drug-likeness (QED) is 0.164. The molecule has 30 heavy (non-hydrogen) atoms. The van der Waals surface area contributed by atoms with E-state index in [1.54, 1.807) is 26.0 Å². The maximum absolute atomic E-state index is 10.4. The molecule has 0 radical (unpaired) electrons. The number of nitriles is 1. The van der Waals surface area contributed by atoms with Gasteiger partial charge in [-0.1, -0.05) is 83.6 Å². The lowest BCUT2D eigenvalue weighted by atomic mass is 9.92. The van der Waals surface area contributed by atoms with Gasteiger partial charge in [0, 0.05) is 10.2 Å². The molecule has 0 fully saturated rings. The molecule has 3 nitrogen and oxygen atoms in total. The molecule has 0 bridgehead atoms. The van der Waals surface area contributed by atoms with Crippen LogP contribution in [0.15, 0.2) is 47.4 Å². The molecule has 1 unspecified atom stereocenters. The topological polar surface area (TPSA) is 42.2 Å². The van der Waals surface area contributed by atoms with Gasteiger partial charge in [-0.25, -0.2) is 0 Å². The number of benzene rings is 2. The lowest BCUT2D eigenvalue weighted by molar-refractivity contribution is 0.354. The van der Waals surface area contributed by atoms with Crippen LogP contribution in [0.5, 0.6) is 11.5 Å². The maximum atomic E-state index is 10.4. The molecule has 0 heterocycles. The lowest BCUT2D eigenvalue weighted by Crippen LogP contribution is -2.20. The van der Waals surface area contributed by atoms with Gasteiger partial charge in [0.05, 0.1) is 20.3 Å². The number of alkyl halides is 1. The minimum Gasteiger partial charge on any atom is -0.493 e. The van der Waals surface area contributed by atoms with Gasteiger partial charge in [-0.2, -0.15) is 5.26 Å². The van der Waals surface area contributed by atoms with Crippen LogP contribution in [0.25, 0.3) is 0 Å². The van der Waals surface area contributed by atoms with Gasteiger partial charge in [0.2, 0.25) is 0 Å². The molecule has 0 aliphatic rings. The summed E-state index contributed by atoms with van der Waals surface area (Å²) in [4.78, 5) is 1.11. The van der Waals surface area contributed by atoms with Crippen molar-refractivity contribution < 1.29 is 9.47 Å². The van der Waals surface area contributed by atoms with E-state index in [1.807, 2.05) is 18.2 Å². The molecule has 162 valence electrons. The average molecular weight is 491 g/mol. The van der Waals surface area contributed by atoms with Crippen molar-refractivity contribution in [1.29, 1.82) is 5.26 Å². The summed E-state index contributed by atoms with van der Waals surface area (Å²) in [5, 5.41) is 11.4. The number of aryl methyl sites for hydroxylation is 1. The van der Waals surface area contributed by atoms with Crippen LogP contribution in [0, 0.1) is 18.3 Å². The molecule has 0 amide bonds. The second-order valence-corrected chi connectivity index (χ2v) is 9.65. The van der Waals surface area contributed by atoms with E-state index in [4.69, 9.17) is 9.47 Å². The summed E-state index contributed by atoms with van der Waals surface area (Å²) >= 11 is 5.13. The fourth-order valence-corrected chi connectivity index (χ4v) is 5.08. The molecule has 5 heteroatoms. The Morgan fingerprint density at radius 3 is 2.13 bits per heavy atom. The van der Waals surface area contributed by atoms with Crippen LogP contribution in [-0.4, -0.2) is 19.5 Å². The summed E-state index contributed by atoms with van der Waals surface area (Å²) in [6, 6.07) is 16.9. The van der Waals surface area contributed by atoms with Crippen molar-refractivity contribution in [2.45, 2.75) is 61.5 Å². The minimum atomic E-state index is -0.662. The molecule has 0 aliphatic heterocycles. The van der Waals surface area contributed by atoms with Crippen LogP contribution in [0.1, 0.15) is 56.1 Å². The molecule has 0 spiro atoms. The number of hydrogen-bond donors (Lipinski definition) is 0. The highest BCUT2D eigenvalue weighted by molar-refractivity contribution is 9.09. The molecular formula is C25H32BrNO2S. The molecule has 0 saturated carbocycles. The summed E-state index contributed by atoms with van der Waals surface area (Å²) in [6.45, 7) is 2.08. The largest absolute Gasteiger partial charge is 0.493 e. The summed E-state index contributed by atoms with van der Waals surface area (Å²) in [7, 11) is 3.27. The second-order valence-electron chi connectivity index (χ2n) is 7.48. The Morgan fingerprint density at radius 2 is 1.53 bits per heavy atom. The highest BCUT2D eigenvalue weighted by Gasteiger charge is 2.34. The molecule has 2 rings (SSSR count). The van der Waals surface area contributed by atoms with Crippen LogP contribution < -0.4 is 9.47 Å². The summed E-state index contributed by atoms with van der Waals surface area (Å²) in [5.74, 6) is 1.34. The first-order valence-electron chi connectivity index (χ1n) is 10.5. The van der Waals surface area contributed by atoms with Gasteiger partial charge in [-0.3, -0.25) is 0 Å². The molecule has 1 atom stereocenters. The molecule has 0 N–H and O–H groups in total. The number of unbranched alkanes of at least 4 members (excludes halogenated alkanes) is 5. The maximum Gasteiger partial charge on any atom is 0.161 e. The number of hydrogen-bond acceptors (Lipinski definition) is 4. The Morgan fingerprint density at radius 1 is 0.900 bits per heavy atom.